The fourth-order valence-electron chi connectivity index (χ4n) is 3.49. The number of halogens is 1. The zero-order valence-electron chi connectivity index (χ0n) is 17.0. The second-order valence-corrected chi connectivity index (χ2v) is 6.86. The number of anilines is 2. The number of hydrogen-bond acceptors (Lipinski definition) is 4. The number of amides is 2. The van der Waals surface area contributed by atoms with Crippen molar-refractivity contribution in [1.29, 1.82) is 0 Å². The third kappa shape index (κ3) is 4.16. The van der Waals surface area contributed by atoms with Crippen LogP contribution in [0, 0.1) is 5.82 Å². The van der Waals surface area contributed by atoms with Gasteiger partial charge < -0.3 is 10.2 Å². The van der Waals surface area contributed by atoms with Crippen LogP contribution in [-0.2, 0) is 9.59 Å². The van der Waals surface area contributed by atoms with Crippen LogP contribution in [0.2, 0.25) is 0 Å². The van der Waals surface area contributed by atoms with Gasteiger partial charge in [0.2, 0.25) is 0 Å². The molecule has 2 aromatic rings. The Kier molecular flexibility index (Phi) is 6.32. The van der Waals surface area contributed by atoms with Crippen molar-refractivity contribution in [2.75, 3.05) is 29.9 Å². The zero-order valence-corrected chi connectivity index (χ0v) is 17.0. The minimum atomic E-state index is -0.391. The van der Waals surface area contributed by atoms with E-state index in [9.17, 15) is 14.0 Å². The summed E-state index contributed by atoms with van der Waals surface area (Å²) in [5.74, 6) is -1.10. The van der Waals surface area contributed by atoms with Crippen LogP contribution in [0.25, 0.3) is 5.57 Å². The fraction of sp³-hybridized carbons (Fsp3) is 0.304. The van der Waals surface area contributed by atoms with Crippen LogP contribution in [-0.4, -0.2) is 36.3 Å². The average molecular weight is 395 g/mol. The van der Waals surface area contributed by atoms with Gasteiger partial charge in [0, 0.05) is 31.0 Å². The highest BCUT2D eigenvalue weighted by Gasteiger charge is 2.38. The molecule has 1 heterocycles. The summed E-state index contributed by atoms with van der Waals surface area (Å²) in [7, 11) is 0. The molecule has 0 atom stereocenters. The Morgan fingerprint density at radius 1 is 0.897 bits per heavy atom. The molecule has 2 aromatic carbocycles. The molecule has 6 heteroatoms. The molecule has 0 unspecified atom stereocenters. The molecule has 5 nitrogen and oxygen atoms in total. The van der Waals surface area contributed by atoms with Gasteiger partial charge in [-0.15, -0.1) is 0 Å². The molecular formula is C23H26FN3O2. The van der Waals surface area contributed by atoms with E-state index in [-0.39, 0.29) is 23.1 Å². The van der Waals surface area contributed by atoms with Crippen molar-refractivity contribution >= 4 is 28.8 Å². The second-order valence-electron chi connectivity index (χ2n) is 6.86. The summed E-state index contributed by atoms with van der Waals surface area (Å²) in [6, 6.07) is 13.4. The Morgan fingerprint density at radius 3 is 2.07 bits per heavy atom. The molecule has 1 N–H and O–H groups in total. The molecule has 0 bridgehead atoms. The van der Waals surface area contributed by atoms with Crippen molar-refractivity contribution < 1.29 is 14.0 Å². The summed E-state index contributed by atoms with van der Waals surface area (Å²) >= 11 is 0. The maximum Gasteiger partial charge on any atom is 0.278 e. The second kappa shape index (κ2) is 8.90. The van der Waals surface area contributed by atoms with Crippen molar-refractivity contribution in [2.24, 2.45) is 0 Å². The molecule has 2 amide bonds. The number of imide groups is 1. The largest absolute Gasteiger partial charge is 0.372 e. The zero-order chi connectivity index (χ0) is 21.0. The number of hydrogen-bond donors (Lipinski definition) is 1. The summed E-state index contributed by atoms with van der Waals surface area (Å²) in [4.78, 5) is 29.3. The third-order valence-corrected chi connectivity index (χ3v) is 5.01. The molecule has 0 aromatic heterocycles. The van der Waals surface area contributed by atoms with Crippen molar-refractivity contribution in [1.82, 2.24) is 4.90 Å². The van der Waals surface area contributed by atoms with Crippen LogP contribution < -0.4 is 10.2 Å². The Bertz CT molecular complexity index is 916. The van der Waals surface area contributed by atoms with Crippen molar-refractivity contribution in [3.8, 4) is 0 Å². The first kappa shape index (κ1) is 20.6. The van der Waals surface area contributed by atoms with E-state index in [0.717, 1.165) is 24.5 Å². The average Bonchev–Trinajstić information content (AvgIpc) is 2.95. The van der Waals surface area contributed by atoms with Gasteiger partial charge >= 0.3 is 0 Å². The lowest BCUT2D eigenvalue weighted by atomic mass is 10.0. The van der Waals surface area contributed by atoms with E-state index in [0.29, 0.717) is 18.5 Å². The maximum absolute atomic E-state index is 13.4. The Balaban J connectivity index is 1.97. The van der Waals surface area contributed by atoms with Crippen LogP contribution >= 0.6 is 0 Å². The van der Waals surface area contributed by atoms with Gasteiger partial charge in [-0.25, -0.2) is 4.39 Å². The third-order valence-electron chi connectivity index (χ3n) is 5.01. The first-order valence-electron chi connectivity index (χ1n) is 9.98. The molecule has 0 radical (unpaired) electrons. The van der Waals surface area contributed by atoms with Crippen LogP contribution in [0.3, 0.4) is 0 Å². The first-order valence-corrected chi connectivity index (χ1v) is 9.98. The van der Waals surface area contributed by atoms with E-state index in [1.54, 1.807) is 0 Å². The van der Waals surface area contributed by atoms with Crippen LogP contribution in [0.4, 0.5) is 15.8 Å². The standard InChI is InChI=1S/C23H26FN3O2/c1-4-15-27-22(28)20(16-7-9-17(24)10-8-16)21(23(27)29)25-18-11-13-19(14-12-18)26(5-2)6-3/h7-14,25H,4-6,15H2,1-3H3. The predicted molar refractivity (Wildman–Crippen MR) is 114 cm³/mol. The van der Waals surface area contributed by atoms with Crippen molar-refractivity contribution in [2.45, 2.75) is 27.2 Å². The van der Waals surface area contributed by atoms with Gasteiger partial charge in [-0.1, -0.05) is 19.1 Å². The van der Waals surface area contributed by atoms with Gasteiger partial charge in [0.15, 0.2) is 0 Å². The van der Waals surface area contributed by atoms with Gasteiger partial charge in [-0.05, 0) is 62.2 Å². The molecule has 0 spiro atoms. The van der Waals surface area contributed by atoms with E-state index in [2.05, 4.69) is 24.1 Å². The lowest BCUT2D eigenvalue weighted by Crippen LogP contribution is -2.33. The molecule has 0 saturated carbocycles. The molecule has 3 rings (SSSR count). The van der Waals surface area contributed by atoms with Gasteiger partial charge in [0.25, 0.3) is 11.8 Å². The number of nitrogens with zero attached hydrogens (tertiary/aromatic N) is 2. The number of carbonyl (C=O) groups excluding carboxylic acids is 2. The first-order chi connectivity index (χ1) is 14.0. The topological polar surface area (TPSA) is 52.7 Å². The Morgan fingerprint density at radius 2 is 1.52 bits per heavy atom. The Hall–Kier alpha value is -3.15. The summed E-state index contributed by atoms with van der Waals surface area (Å²) in [6.45, 7) is 8.26. The van der Waals surface area contributed by atoms with Crippen LogP contribution in [0.15, 0.2) is 54.2 Å². The minimum absolute atomic E-state index is 0.227. The van der Waals surface area contributed by atoms with Gasteiger partial charge in [-0.2, -0.15) is 0 Å². The molecule has 0 fully saturated rings. The molecule has 1 aliphatic rings. The number of carbonyl (C=O) groups is 2. The maximum atomic E-state index is 13.4. The lowest BCUT2D eigenvalue weighted by molar-refractivity contribution is -0.136. The monoisotopic (exact) mass is 395 g/mol. The smallest absolute Gasteiger partial charge is 0.278 e. The van der Waals surface area contributed by atoms with Crippen LogP contribution in [0.1, 0.15) is 32.8 Å². The fourth-order valence-corrected chi connectivity index (χ4v) is 3.49. The van der Waals surface area contributed by atoms with E-state index in [4.69, 9.17) is 0 Å². The lowest BCUT2D eigenvalue weighted by Gasteiger charge is -2.21. The summed E-state index contributed by atoms with van der Waals surface area (Å²) in [5.41, 5.74) is 2.83. The van der Waals surface area contributed by atoms with E-state index in [1.807, 2.05) is 31.2 Å². The molecule has 29 heavy (non-hydrogen) atoms. The SMILES string of the molecule is CCCN1C(=O)C(Nc2ccc(N(CC)CC)cc2)=C(c2ccc(F)cc2)C1=O. The van der Waals surface area contributed by atoms with Crippen molar-refractivity contribution in [3.63, 3.8) is 0 Å². The highest BCUT2D eigenvalue weighted by molar-refractivity contribution is 6.36. The predicted octanol–water partition coefficient (Wildman–Crippen LogP) is 4.27. The number of rotatable bonds is 8. The van der Waals surface area contributed by atoms with Gasteiger partial charge in [0.1, 0.15) is 11.5 Å². The molecule has 0 saturated heterocycles. The highest BCUT2D eigenvalue weighted by atomic mass is 19.1. The summed E-state index contributed by atoms with van der Waals surface area (Å²) < 4.78 is 13.4. The summed E-state index contributed by atoms with van der Waals surface area (Å²) in [6.07, 6.45) is 0.667. The van der Waals surface area contributed by atoms with Crippen LogP contribution in [0.5, 0.6) is 0 Å². The van der Waals surface area contributed by atoms with E-state index in [1.165, 1.54) is 29.2 Å². The van der Waals surface area contributed by atoms with Gasteiger partial charge in [0.05, 0.1) is 5.57 Å². The molecular weight excluding hydrogens is 369 g/mol. The van der Waals surface area contributed by atoms with E-state index < -0.39 is 5.82 Å². The van der Waals surface area contributed by atoms with E-state index >= 15 is 0 Å². The number of nitrogens with one attached hydrogen (secondary N) is 1. The summed E-state index contributed by atoms with van der Waals surface area (Å²) in [5, 5.41) is 3.13. The quantitative estimate of drug-likeness (QED) is 0.678. The number of benzene rings is 2. The molecule has 0 aliphatic carbocycles. The highest BCUT2D eigenvalue weighted by Crippen LogP contribution is 2.31. The van der Waals surface area contributed by atoms with Gasteiger partial charge in [-0.3, -0.25) is 14.5 Å². The minimum Gasteiger partial charge on any atom is -0.372 e. The normalized spacial score (nSPS) is 14.0. The molecule has 1 aliphatic heterocycles. The van der Waals surface area contributed by atoms with Crippen molar-refractivity contribution in [3.05, 3.63) is 65.6 Å². The Labute approximate surface area is 170 Å². The molecule has 152 valence electrons.